The van der Waals surface area contributed by atoms with Gasteiger partial charge in [-0.05, 0) is 70.2 Å². The standard InChI is InChI=1S/C29H38F3N9O3/c1-6-41-37-27(36-38-41)39-9-7-18(8-10-39)17(2)43-19-13-33-26(34-14-19)40-15-21(20-11-23(31)24(32)12-22(20)30)25(16-40)35-28(42)44-29(3,4)5/h11-14,17-18,21,25H,6-10,15-16H2,1-5H3,(H,35,42). The Morgan fingerprint density at radius 2 is 1.70 bits per heavy atom. The van der Waals surface area contributed by atoms with Crippen molar-refractivity contribution in [2.75, 3.05) is 36.0 Å². The van der Waals surface area contributed by atoms with E-state index in [0.717, 1.165) is 32.0 Å². The van der Waals surface area contributed by atoms with Crippen molar-refractivity contribution in [2.45, 2.75) is 77.7 Å². The molecule has 2 saturated heterocycles. The van der Waals surface area contributed by atoms with Crippen molar-refractivity contribution in [3.05, 3.63) is 47.5 Å². The predicted molar refractivity (Wildman–Crippen MR) is 155 cm³/mol. The number of anilines is 2. The first-order chi connectivity index (χ1) is 20.9. The average Bonchev–Trinajstić information content (AvgIpc) is 3.62. The fourth-order valence-corrected chi connectivity index (χ4v) is 5.62. The van der Waals surface area contributed by atoms with E-state index >= 15 is 0 Å². The molecule has 2 aliphatic heterocycles. The highest BCUT2D eigenvalue weighted by molar-refractivity contribution is 5.68. The number of carbonyl (C=O) groups excluding carboxylic acids is 1. The smallest absolute Gasteiger partial charge is 0.407 e. The van der Waals surface area contributed by atoms with Gasteiger partial charge in [0.05, 0.1) is 31.1 Å². The van der Waals surface area contributed by atoms with E-state index in [0.29, 0.717) is 36.2 Å². The zero-order valence-corrected chi connectivity index (χ0v) is 25.5. The minimum Gasteiger partial charge on any atom is -0.487 e. The zero-order chi connectivity index (χ0) is 31.6. The van der Waals surface area contributed by atoms with Crippen molar-refractivity contribution in [2.24, 2.45) is 5.92 Å². The lowest BCUT2D eigenvalue weighted by atomic mass is 9.92. The van der Waals surface area contributed by atoms with Crippen LogP contribution >= 0.6 is 0 Å². The zero-order valence-electron chi connectivity index (χ0n) is 25.5. The number of aryl methyl sites for hydroxylation is 1. The van der Waals surface area contributed by atoms with Crippen LogP contribution in [0.25, 0.3) is 0 Å². The van der Waals surface area contributed by atoms with Crippen molar-refractivity contribution in [3.63, 3.8) is 0 Å². The third kappa shape index (κ3) is 7.30. The molecular formula is C29H38F3N9O3. The summed E-state index contributed by atoms with van der Waals surface area (Å²) in [6.07, 6.45) is 4.17. The molecule has 3 unspecified atom stereocenters. The van der Waals surface area contributed by atoms with Gasteiger partial charge in [-0.3, -0.25) is 0 Å². The lowest BCUT2D eigenvalue weighted by Gasteiger charge is -2.34. The highest BCUT2D eigenvalue weighted by Gasteiger charge is 2.39. The van der Waals surface area contributed by atoms with Gasteiger partial charge in [-0.25, -0.2) is 27.9 Å². The fraction of sp³-hybridized carbons (Fsp3) is 0.586. The first kappa shape index (κ1) is 31.3. The van der Waals surface area contributed by atoms with Crippen LogP contribution in [0.15, 0.2) is 24.5 Å². The number of amides is 1. The second kappa shape index (κ2) is 12.8. The van der Waals surface area contributed by atoms with E-state index < -0.39 is 41.1 Å². The third-order valence-electron chi connectivity index (χ3n) is 7.89. The Hall–Kier alpha value is -4.17. The Morgan fingerprint density at radius 1 is 1.02 bits per heavy atom. The van der Waals surface area contributed by atoms with E-state index in [9.17, 15) is 18.0 Å². The second-order valence-corrected chi connectivity index (χ2v) is 12.2. The van der Waals surface area contributed by atoms with Crippen LogP contribution in [0.1, 0.15) is 58.9 Å². The quantitative estimate of drug-likeness (QED) is 0.370. The Labute approximate surface area is 253 Å². The molecule has 2 aromatic heterocycles. The number of hydrogen-bond acceptors (Lipinski definition) is 10. The maximum absolute atomic E-state index is 14.8. The number of nitrogens with zero attached hydrogens (tertiary/aromatic N) is 8. The maximum Gasteiger partial charge on any atom is 0.407 e. The van der Waals surface area contributed by atoms with Gasteiger partial charge in [0.15, 0.2) is 17.4 Å². The van der Waals surface area contributed by atoms with E-state index in [-0.39, 0.29) is 24.8 Å². The van der Waals surface area contributed by atoms with Gasteiger partial charge >= 0.3 is 6.09 Å². The van der Waals surface area contributed by atoms with Gasteiger partial charge in [0.2, 0.25) is 5.95 Å². The van der Waals surface area contributed by atoms with Crippen LogP contribution in [-0.2, 0) is 11.3 Å². The van der Waals surface area contributed by atoms with Crippen molar-refractivity contribution in [1.82, 2.24) is 35.5 Å². The van der Waals surface area contributed by atoms with E-state index in [2.05, 4.69) is 35.6 Å². The van der Waals surface area contributed by atoms with Crippen molar-refractivity contribution >= 4 is 18.0 Å². The highest BCUT2D eigenvalue weighted by Crippen LogP contribution is 2.33. The molecule has 1 amide bonds. The van der Waals surface area contributed by atoms with Crippen LogP contribution in [-0.4, -0.2) is 80.2 Å². The Morgan fingerprint density at radius 3 is 2.34 bits per heavy atom. The summed E-state index contributed by atoms with van der Waals surface area (Å²) in [5.41, 5.74) is -0.816. The summed E-state index contributed by atoms with van der Waals surface area (Å²) in [6, 6.07) is 0.660. The number of benzene rings is 1. The molecule has 0 aliphatic carbocycles. The molecule has 3 aromatic rings. The number of nitrogens with one attached hydrogen (secondary N) is 1. The molecule has 3 atom stereocenters. The van der Waals surface area contributed by atoms with Gasteiger partial charge in [0.25, 0.3) is 5.95 Å². The van der Waals surface area contributed by atoms with Gasteiger partial charge < -0.3 is 24.6 Å². The summed E-state index contributed by atoms with van der Waals surface area (Å²) in [7, 11) is 0. The number of tetrazole rings is 1. The van der Waals surface area contributed by atoms with Gasteiger partial charge in [-0.1, -0.05) is 5.10 Å². The lowest BCUT2D eigenvalue weighted by molar-refractivity contribution is 0.0504. The summed E-state index contributed by atoms with van der Waals surface area (Å²) in [4.78, 5) is 26.9. The minimum absolute atomic E-state index is 0.0574. The number of carbonyl (C=O) groups is 1. The van der Waals surface area contributed by atoms with Crippen molar-refractivity contribution < 1.29 is 27.4 Å². The van der Waals surface area contributed by atoms with Crippen molar-refractivity contribution in [1.29, 1.82) is 0 Å². The van der Waals surface area contributed by atoms with Gasteiger partial charge in [0, 0.05) is 38.2 Å². The second-order valence-electron chi connectivity index (χ2n) is 12.2. The Balaban J connectivity index is 1.23. The molecule has 1 aromatic carbocycles. The summed E-state index contributed by atoms with van der Waals surface area (Å²) in [5, 5.41) is 15.3. The lowest BCUT2D eigenvalue weighted by Crippen LogP contribution is -2.43. The van der Waals surface area contributed by atoms with Crippen LogP contribution in [0.2, 0.25) is 0 Å². The van der Waals surface area contributed by atoms with Crippen LogP contribution in [0.3, 0.4) is 0 Å². The monoisotopic (exact) mass is 617 g/mol. The molecule has 2 aliphatic rings. The third-order valence-corrected chi connectivity index (χ3v) is 7.89. The van der Waals surface area contributed by atoms with E-state index in [1.54, 1.807) is 42.9 Å². The summed E-state index contributed by atoms with van der Waals surface area (Å²) < 4.78 is 54.2. The Bertz CT molecular complexity index is 1440. The molecular weight excluding hydrogens is 579 g/mol. The average molecular weight is 618 g/mol. The number of rotatable bonds is 8. The minimum atomic E-state index is -1.28. The van der Waals surface area contributed by atoms with E-state index in [4.69, 9.17) is 9.47 Å². The van der Waals surface area contributed by atoms with Crippen molar-refractivity contribution in [3.8, 4) is 5.75 Å². The summed E-state index contributed by atoms with van der Waals surface area (Å²) in [5.74, 6) is -2.29. The number of halogens is 3. The maximum atomic E-state index is 14.8. The number of alkyl carbamates (subject to hydrolysis) is 1. The topological polar surface area (TPSA) is 123 Å². The normalized spacial score (nSPS) is 20.1. The predicted octanol–water partition coefficient (Wildman–Crippen LogP) is 4.08. The first-order valence-electron chi connectivity index (χ1n) is 14.8. The molecule has 238 valence electrons. The van der Waals surface area contributed by atoms with E-state index in [1.807, 2.05) is 13.8 Å². The number of piperidine rings is 1. The highest BCUT2D eigenvalue weighted by atomic mass is 19.2. The number of hydrogen-bond donors (Lipinski definition) is 1. The van der Waals surface area contributed by atoms with Crippen LogP contribution in [0.4, 0.5) is 29.9 Å². The molecule has 0 bridgehead atoms. The summed E-state index contributed by atoms with van der Waals surface area (Å²) >= 11 is 0. The molecule has 1 N–H and O–H groups in total. The molecule has 15 heteroatoms. The molecule has 5 rings (SSSR count). The Kier molecular flexibility index (Phi) is 9.11. The van der Waals surface area contributed by atoms with E-state index in [1.165, 1.54) is 0 Å². The first-order valence-corrected chi connectivity index (χ1v) is 14.8. The van der Waals surface area contributed by atoms with Crippen LogP contribution in [0.5, 0.6) is 5.75 Å². The number of ether oxygens (including phenoxy) is 2. The van der Waals surface area contributed by atoms with Gasteiger partial charge in [-0.2, -0.15) is 4.80 Å². The molecule has 44 heavy (non-hydrogen) atoms. The SMILES string of the molecule is CCn1nnc(N2CCC(C(C)Oc3cnc(N4CC(NC(=O)OC(C)(C)C)C(c5cc(F)c(F)cc5F)C4)nc3)CC2)n1. The molecule has 12 nitrogen and oxygen atoms in total. The molecule has 0 spiro atoms. The van der Waals surface area contributed by atoms with Crippen LogP contribution in [0, 0.1) is 23.4 Å². The number of aromatic nitrogens is 6. The molecule has 0 radical (unpaired) electrons. The molecule has 2 fully saturated rings. The van der Waals surface area contributed by atoms with Crippen LogP contribution < -0.4 is 19.9 Å². The molecule has 4 heterocycles. The largest absolute Gasteiger partial charge is 0.487 e. The van der Waals surface area contributed by atoms with Gasteiger partial charge in [0.1, 0.15) is 11.4 Å². The summed E-state index contributed by atoms with van der Waals surface area (Å²) in [6.45, 7) is 11.8. The van der Waals surface area contributed by atoms with Gasteiger partial charge in [-0.15, -0.1) is 5.10 Å². The fourth-order valence-electron chi connectivity index (χ4n) is 5.62. The molecule has 0 saturated carbocycles.